The van der Waals surface area contributed by atoms with E-state index in [0.29, 0.717) is 36.0 Å². The fourth-order valence-corrected chi connectivity index (χ4v) is 4.34. The van der Waals surface area contributed by atoms with Gasteiger partial charge in [0.15, 0.2) is 11.5 Å². The molecule has 0 unspecified atom stereocenters. The summed E-state index contributed by atoms with van der Waals surface area (Å²) in [6.07, 6.45) is 0.934. The van der Waals surface area contributed by atoms with Crippen molar-refractivity contribution < 1.29 is 14.3 Å². The third-order valence-corrected chi connectivity index (χ3v) is 6.01. The van der Waals surface area contributed by atoms with Crippen LogP contribution >= 0.6 is 0 Å². The minimum absolute atomic E-state index is 0.151. The van der Waals surface area contributed by atoms with Crippen molar-refractivity contribution in [1.82, 2.24) is 14.3 Å². The molecule has 0 spiro atoms. The highest BCUT2D eigenvalue weighted by Crippen LogP contribution is 2.32. The summed E-state index contributed by atoms with van der Waals surface area (Å²) in [6.45, 7) is 6.72. The molecule has 4 aromatic rings. The van der Waals surface area contributed by atoms with Crippen molar-refractivity contribution in [2.75, 3.05) is 18.5 Å². The smallest absolute Gasteiger partial charge is 0.252 e. The molecule has 2 aromatic heterocycles. The van der Waals surface area contributed by atoms with Gasteiger partial charge in [0, 0.05) is 23.2 Å². The van der Waals surface area contributed by atoms with Crippen LogP contribution in [0.25, 0.3) is 16.7 Å². The van der Waals surface area contributed by atoms with Crippen molar-refractivity contribution in [3.8, 4) is 17.2 Å². The molecule has 0 radical (unpaired) electrons. The fraction of sp³-hybridized carbons (Fsp3) is 0.269. The second-order valence-corrected chi connectivity index (χ2v) is 8.37. The van der Waals surface area contributed by atoms with Crippen LogP contribution in [0.3, 0.4) is 0 Å². The maximum absolute atomic E-state index is 13.0. The van der Waals surface area contributed by atoms with Gasteiger partial charge in [-0.15, -0.1) is 0 Å². The number of nitrogens with zero attached hydrogens (tertiary/aromatic N) is 3. The van der Waals surface area contributed by atoms with Crippen molar-refractivity contribution in [1.29, 1.82) is 0 Å². The molecule has 8 nitrogen and oxygen atoms in total. The number of carbonyl (C=O) groups is 1. The number of nitrogens with one attached hydrogen (secondary N) is 1. The zero-order chi connectivity index (χ0) is 23.8. The lowest BCUT2D eigenvalue weighted by Crippen LogP contribution is -2.29. The van der Waals surface area contributed by atoms with E-state index in [-0.39, 0.29) is 18.0 Å². The van der Waals surface area contributed by atoms with Crippen molar-refractivity contribution in [3.63, 3.8) is 0 Å². The molecule has 0 saturated heterocycles. The highest BCUT2D eigenvalue weighted by Gasteiger charge is 2.19. The Labute approximate surface area is 196 Å². The van der Waals surface area contributed by atoms with Gasteiger partial charge < -0.3 is 14.8 Å². The molecule has 2 aromatic carbocycles. The number of pyridine rings is 1. The number of hydrogen-bond donors (Lipinski definition) is 1. The Bertz CT molecular complexity index is 1450. The summed E-state index contributed by atoms with van der Waals surface area (Å²) in [5.74, 6) is 0.910. The summed E-state index contributed by atoms with van der Waals surface area (Å²) in [4.78, 5) is 26.0. The Balaban J connectivity index is 1.52. The largest absolute Gasteiger partial charge is 0.486 e. The highest BCUT2D eigenvalue weighted by atomic mass is 16.6. The first-order chi connectivity index (χ1) is 16.4. The molecule has 174 valence electrons. The van der Waals surface area contributed by atoms with Gasteiger partial charge in [-0.25, -0.2) is 4.68 Å². The summed E-state index contributed by atoms with van der Waals surface area (Å²) in [5, 5.41) is 8.44. The lowest BCUT2D eigenvalue weighted by atomic mass is 10.1. The second-order valence-electron chi connectivity index (χ2n) is 8.37. The van der Waals surface area contributed by atoms with Crippen LogP contribution in [0.2, 0.25) is 0 Å². The summed E-state index contributed by atoms with van der Waals surface area (Å²) >= 11 is 0. The average molecular weight is 459 g/mol. The topological polar surface area (TPSA) is 87.4 Å². The molecular weight excluding hydrogens is 432 g/mol. The molecule has 5 rings (SSSR count). The molecule has 0 bridgehead atoms. The van der Waals surface area contributed by atoms with Gasteiger partial charge in [0.1, 0.15) is 25.4 Å². The number of ether oxygens (including phenoxy) is 2. The number of carbonyl (C=O) groups excluding carboxylic acids is 1. The van der Waals surface area contributed by atoms with E-state index in [1.54, 1.807) is 28.9 Å². The SMILES string of the molecule is CCc1ccc(-n2nc(C)c3c(C)cc(=O)n(CC(=O)Nc4ccc5c(c4)OCCO5)c32)cc1. The minimum atomic E-state index is -0.323. The second kappa shape index (κ2) is 8.70. The molecule has 0 aliphatic carbocycles. The van der Waals surface area contributed by atoms with Crippen LogP contribution < -0.4 is 20.3 Å². The Morgan fingerprint density at radius 3 is 2.50 bits per heavy atom. The van der Waals surface area contributed by atoms with E-state index in [9.17, 15) is 9.59 Å². The molecular formula is C26H26N4O4. The van der Waals surface area contributed by atoms with Crippen LogP contribution in [-0.4, -0.2) is 33.5 Å². The number of rotatable bonds is 5. The fourth-order valence-electron chi connectivity index (χ4n) is 4.34. The molecule has 1 aliphatic heterocycles. The summed E-state index contributed by atoms with van der Waals surface area (Å²) < 4.78 is 14.3. The Morgan fingerprint density at radius 1 is 1.03 bits per heavy atom. The average Bonchev–Trinajstić information content (AvgIpc) is 3.19. The van der Waals surface area contributed by atoms with E-state index in [4.69, 9.17) is 14.6 Å². The van der Waals surface area contributed by atoms with Gasteiger partial charge in [0.05, 0.1) is 11.4 Å². The first-order valence-corrected chi connectivity index (χ1v) is 11.3. The standard InChI is InChI=1S/C26H26N4O4/c1-4-18-5-8-20(9-6-18)30-26-25(17(3)28-30)16(2)13-24(32)29(26)15-23(31)27-19-7-10-21-22(14-19)34-12-11-33-21/h5-10,13-14H,4,11-12,15H2,1-3H3,(H,27,31). The number of anilines is 1. The van der Waals surface area contributed by atoms with E-state index in [0.717, 1.165) is 28.8 Å². The quantitative estimate of drug-likeness (QED) is 0.492. The molecule has 34 heavy (non-hydrogen) atoms. The Kier molecular flexibility index (Phi) is 5.57. The van der Waals surface area contributed by atoms with E-state index in [1.165, 1.54) is 10.1 Å². The normalized spacial score (nSPS) is 12.7. The van der Waals surface area contributed by atoms with Gasteiger partial charge in [0.2, 0.25) is 5.91 Å². The number of hydrogen-bond acceptors (Lipinski definition) is 5. The Hall–Kier alpha value is -4.07. The van der Waals surface area contributed by atoms with Gasteiger partial charge in [-0.05, 0) is 55.7 Å². The molecule has 8 heteroatoms. The zero-order valence-electron chi connectivity index (χ0n) is 19.4. The minimum Gasteiger partial charge on any atom is -0.486 e. The number of aromatic nitrogens is 3. The third kappa shape index (κ3) is 3.91. The number of aryl methyl sites for hydroxylation is 3. The van der Waals surface area contributed by atoms with E-state index >= 15 is 0 Å². The van der Waals surface area contributed by atoms with Crippen LogP contribution in [-0.2, 0) is 17.8 Å². The highest BCUT2D eigenvalue weighted by molar-refractivity contribution is 5.92. The van der Waals surface area contributed by atoms with Crippen molar-refractivity contribution in [3.05, 3.63) is 75.7 Å². The molecule has 0 saturated carbocycles. The van der Waals surface area contributed by atoms with Crippen LogP contribution in [0.15, 0.2) is 53.3 Å². The monoisotopic (exact) mass is 458 g/mol. The first kappa shape index (κ1) is 21.8. The molecule has 1 N–H and O–H groups in total. The van der Waals surface area contributed by atoms with Crippen molar-refractivity contribution in [2.45, 2.75) is 33.7 Å². The van der Waals surface area contributed by atoms with Crippen LogP contribution in [0, 0.1) is 13.8 Å². The van der Waals surface area contributed by atoms with Crippen LogP contribution in [0.5, 0.6) is 11.5 Å². The van der Waals surface area contributed by atoms with Crippen LogP contribution in [0.1, 0.15) is 23.7 Å². The predicted octanol–water partition coefficient (Wildman–Crippen LogP) is 3.78. The maximum Gasteiger partial charge on any atom is 0.252 e. The molecule has 3 heterocycles. The lowest BCUT2D eigenvalue weighted by Gasteiger charge is -2.19. The predicted molar refractivity (Wildman–Crippen MR) is 130 cm³/mol. The van der Waals surface area contributed by atoms with E-state index in [1.807, 2.05) is 38.1 Å². The van der Waals surface area contributed by atoms with E-state index < -0.39 is 0 Å². The number of amides is 1. The lowest BCUT2D eigenvalue weighted by molar-refractivity contribution is -0.116. The Morgan fingerprint density at radius 2 is 1.76 bits per heavy atom. The van der Waals surface area contributed by atoms with Gasteiger partial charge in [0.25, 0.3) is 5.56 Å². The van der Waals surface area contributed by atoms with Gasteiger partial charge in [-0.2, -0.15) is 5.10 Å². The summed E-state index contributed by atoms with van der Waals surface area (Å²) in [7, 11) is 0. The molecule has 0 fully saturated rings. The molecule has 0 atom stereocenters. The zero-order valence-corrected chi connectivity index (χ0v) is 19.4. The molecule has 1 amide bonds. The number of fused-ring (bicyclic) bond motifs is 2. The van der Waals surface area contributed by atoms with Gasteiger partial charge in [-0.3, -0.25) is 14.2 Å². The summed E-state index contributed by atoms with van der Waals surface area (Å²) in [5.41, 5.74) is 4.60. The van der Waals surface area contributed by atoms with Gasteiger partial charge in [-0.1, -0.05) is 19.1 Å². The van der Waals surface area contributed by atoms with Crippen molar-refractivity contribution in [2.24, 2.45) is 0 Å². The maximum atomic E-state index is 13.0. The van der Waals surface area contributed by atoms with Gasteiger partial charge >= 0.3 is 0 Å². The van der Waals surface area contributed by atoms with Crippen molar-refractivity contribution >= 4 is 22.6 Å². The number of benzene rings is 2. The third-order valence-electron chi connectivity index (χ3n) is 6.01. The first-order valence-electron chi connectivity index (χ1n) is 11.3. The molecule has 1 aliphatic rings. The summed E-state index contributed by atoms with van der Waals surface area (Å²) in [6, 6.07) is 14.9. The van der Waals surface area contributed by atoms with Crippen LogP contribution in [0.4, 0.5) is 5.69 Å². The van der Waals surface area contributed by atoms with E-state index in [2.05, 4.69) is 12.2 Å².